The molecular formula is C18H17N7O. The minimum Gasteiger partial charge on any atom is -0.330 e. The molecule has 130 valence electrons. The summed E-state index contributed by atoms with van der Waals surface area (Å²) in [5.41, 5.74) is 1.99. The predicted octanol–water partition coefficient (Wildman–Crippen LogP) is 2.14. The fourth-order valence-corrected chi connectivity index (χ4v) is 3.62. The SMILES string of the molecule is O=C(c1cnn2cccnc12)N1CCCC[C@@H]1c1ccn2ccnc2n1. The van der Waals surface area contributed by atoms with Crippen LogP contribution in [0.15, 0.2) is 49.3 Å². The van der Waals surface area contributed by atoms with Crippen LogP contribution in [0.1, 0.15) is 41.4 Å². The zero-order chi connectivity index (χ0) is 17.5. The zero-order valence-electron chi connectivity index (χ0n) is 14.1. The Labute approximate surface area is 149 Å². The molecule has 5 heterocycles. The van der Waals surface area contributed by atoms with Crippen molar-refractivity contribution in [2.24, 2.45) is 0 Å². The molecule has 8 nitrogen and oxygen atoms in total. The highest BCUT2D eigenvalue weighted by Gasteiger charge is 2.31. The maximum atomic E-state index is 13.3. The second-order valence-corrected chi connectivity index (χ2v) is 6.44. The summed E-state index contributed by atoms with van der Waals surface area (Å²) in [7, 11) is 0. The lowest BCUT2D eigenvalue weighted by Gasteiger charge is -2.35. The van der Waals surface area contributed by atoms with Crippen LogP contribution in [-0.4, -0.2) is 46.3 Å². The molecule has 4 aromatic heterocycles. The van der Waals surface area contributed by atoms with Crippen LogP contribution < -0.4 is 0 Å². The summed E-state index contributed by atoms with van der Waals surface area (Å²) in [6.45, 7) is 0.703. The van der Waals surface area contributed by atoms with Crippen molar-refractivity contribution in [3.63, 3.8) is 0 Å². The van der Waals surface area contributed by atoms with Gasteiger partial charge in [0.2, 0.25) is 5.78 Å². The molecule has 26 heavy (non-hydrogen) atoms. The number of hydrogen-bond acceptors (Lipinski definition) is 5. The van der Waals surface area contributed by atoms with E-state index in [2.05, 4.69) is 20.1 Å². The van der Waals surface area contributed by atoms with Crippen molar-refractivity contribution in [2.45, 2.75) is 25.3 Å². The van der Waals surface area contributed by atoms with Gasteiger partial charge in [0.05, 0.1) is 17.9 Å². The number of likely N-dealkylation sites (tertiary alicyclic amines) is 1. The van der Waals surface area contributed by atoms with Crippen molar-refractivity contribution < 1.29 is 4.79 Å². The molecule has 0 aliphatic carbocycles. The van der Waals surface area contributed by atoms with Gasteiger partial charge in [0.25, 0.3) is 5.91 Å². The quantitative estimate of drug-likeness (QED) is 0.555. The van der Waals surface area contributed by atoms with Crippen LogP contribution >= 0.6 is 0 Å². The van der Waals surface area contributed by atoms with Crippen molar-refractivity contribution in [3.05, 3.63) is 60.6 Å². The van der Waals surface area contributed by atoms with Crippen LogP contribution in [0, 0.1) is 0 Å². The van der Waals surface area contributed by atoms with Gasteiger partial charge in [0, 0.05) is 37.5 Å². The number of fused-ring (bicyclic) bond motifs is 2. The third kappa shape index (κ3) is 2.33. The lowest BCUT2D eigenvalue weighted by atomic mass is 9.98. The molecule has 0 N–H and O–H groups in total. The first kappa shape index (κ1) is 15.0. The molecule has 8 heteroatoms. The standard InChI is InChI=1S/C18H17N7O/c26-17(13-12-21-25-9-3-6-19-16(13)25)24-8-2-1-4-15(24)14-5-10-23-11-7-20-18(23)22-14/h3,5-7,9-12,15H,1-2,4,8H2/t15-/m1/s1. The van der Waals surface area contributed by atoms with Gasteiger partial charge >= 0.3 is 0 Å². The molecule has 0 aromatic carbocycles. The molecule has 0 unspecified atom stereocenters. The van der Waals surface area contributed by atoms with Gasteiger partial charge in [-0.25, -0.2) is 19.5 Å². The Morgan fingerprint density at radius 1 is 1.12 bits per heavy atom. The van der Waals surface area contributed by atoms with Crippen LogP contribution in [0.4, 0.5) is 0 Å². The minimum atomic E-state index is -0.0587. The third-order valence-electron chi connectivity index (χ3n) is 4.90. The van der Waals surface area contributed by atoms with Gasteiger partial charge in [0.1, 0.15) is 5.56 Å². The molecule has 1 amide bonds. The molecule has 1 aliphatic rings. The van der Waals surface area contributed by atoms with Crippen LogP contribution in [0.25, 0.3) is 11.4 Å². The Hall–Kier alpha value is -3.29. The average molecular weight is 347 g/mol. The number of imidazole rings is 1. The highest BCUT2D eigenvalue weighted by molar-refractivity contribution is 5.99. The molecule has 5 rings (SSSR count). The van der Waals surface area contributed by atoms with E-state index in [-0.39, 0.29) is 11.9 Å². The van der Waals surface area contributed by atoms with E-state index < -0.39 is 0 Å². The minimum absolute atomic E-state index is 0.0478. The van der Waals surface area contributed by atoms with Crippen molar-refractivity contribution in [1.82, 2.24) is 33.9 Å². The second kappa shape index (κ2) is 5.91. The number of piperidine rings is 1. The molecule has 0 bridgehead atoms. The molecule has 0 spiro atoms. The van der Waals surface area contributed by atoms with E-state index in [9.17, 15) is 4.79 Å². The van der Waals surface area contributed by atoms with Gasteiger partial charge in [0.15, 0.2) is 5.65 Å². The number of amides is 1. The van der Waals surface area contributed by atoms with Crippen LogP contribution in [0.5, 0.6) is 0 Å². The van der Waals surface area contributed by atoms with Gasteiger partial charge in [-0.05, 0) is 31.4 Å². The summed E-state index contributed by atoms with van der Waals surface area (Å²) < 4.78 is 3.49. The number of hydrogen-bond donors (Lipinski definition) is 0. The first-order chi connectivity index (χ1) is 12.8. The number of aromatic nitrogens is 6. The van der Waals surface area contributed by atoms with Gasteiger partial charge in [-0.15, -0.1) is 0 Å². The summed E-state index contributed by atoms with van der Waals surface area (Å²) in [6, 6.07) is 3.71. The molecular weight excluding hydrogens is 330 g/mol. The largest absolute Gasteiger partial charge is 0.330 e. The molecule has 1 atom stereocenters. The van der Waals surface area contributed by atoms with E-state index in [0.717, 1.165) is 25.0 Å². The smallest absolute Gasteiger partial charge is 0.259 e. The van der Waals surface area contributed by atoms with E-state index in [4.69, 9.17) is 0 Å². The summed E-state index contributed by atoms with van der Waals surface area (Å²) in [6.07, 6.45) is 13.5. The van der Waals surface area contributed by atoms with E-state index in [1.165, 1.54) is 0 Å². The van der Waals surface area contributed by atoms with Gasteiger partial charge < -0.3 is 4.90 Å². The highest BCUT2D eigenvalue weighted by atomic mass is 16.2. The summed E-state index contributed by atoms with van der Waals surface area (Å²) in [5, 5.41) is 4.24. The zero-order valence-corrected chi connectivity index (χ0v) is 14.1. The van der Waals surface area contributed by atoms with Crippen LogP contribution in [0.2, 0.25) is 0 Å². The average Bonchev–Trinajstić information content (AvgIpc) is 3.33. The highest BCUT2D eigenvalue weighted by Crippen LogP contribution is 2.31. The lowest BCUT2D eigenvalue weighted by Crippen LogP contribution is -2.39. The molecule has 1 fully saturated rings. The second-order valence-electron chi connectivity index (χ2n) is 6.44. The van der Waals surface area contributed by atoms with Gasteiger partial charge in [-0.3, -0.25) is 9.20 Å². The normalized spacial score (nSPS) is 17.8. The van der Waals surface area contributed by atoms with E-state index in [0.29, 0.717) is 23.5 Å². The molecule has 1 saturated heterocycles. The summed E-state index contributed by atoms with van der Waals surface area (Å²) in [5.74, 6) is 0.603. The van der Waals surface area contributed by atoms with Crippen molar-refractivity contribution in [2.75, 3.05) is 6.54 Å². The summed E-state index contributed by atoms with van der Waals surface area (Å²) >= 11 is 0. The topological polar surface area (TPSA) is 80.7 Å². The lowest BCUT2D eigenvalue weighted by molar-refractivity contribution is 0.0608. The molecule has 0 saturated carbocycles. The number of carbonyl (C=O) groups excluding carboxylic acids is 1. The van der Waals surface area contributed by atoms with Crippen LogP contribution in [-0.2, 0) is 0 Å². The fourth-order valence-electron chi connectivity index (χ4n) is 3.62. The molecule has 1 aliphatic heterocycles. The van der Waals surface area contributed by atoms with E-state index in [1.807, 2.05) is 27.8 Å². The van der Waals surface area contributed by atoms with Gasteiger partial charge in [-0.1, -0.05) is 0 Å². The van der Waals surface area contributed by atoms with Crippen molar-refractivity contribution in [3.8, 4) is 0 Å². The molecule has 4 aromatic rings. The first-order valence-corrected chi connectivity index (χ1v) is 8.70. The Morgan fingerprint density at radius 2 is 2.08 bits per heavy atom. The Balaban J connectivity index is 1.54. The maximum Gasteiger partial charge on any atom is 0.259 e. The van der Waals surface area contributed by atoms with Gasteiger partial charge in [-0.2, -0.15) is 5.10 Å². The Kier molecular flexibility index (Phi) is 3.41. The fraction of sp³-hybridized carbons (Fsp3) is 0.278. The maximum absolute atomic E-state index is 13.3. The number of carbonyl (C=O) groups is 1. The first-order valence-electron chi connectivity index (χ1n) is 8.70. The summed E-state index contributed by atoms with van der Waals surface area (Å²) in [4.78, 5) is 28.4. The third-order valence-corrected chi connectivity index (χ3v) is 4.90. The predicted molar refractivity (Wildman–Crippen MR) is 93.6 cm³/mol. The number of nitrogens with zero attached hydrogens (tertiary/aromatic N) is 7. The Morgan fingerprint density at radius 3 is 3.04 bits per heavy atom. The van der Waals surface area contributed by atoms with Crippen molar-refractivity contribution >= 4 is 17.3 Å². The number of rotatable bonds is 2. The van der Waals surface area contributed by atoms with E-state index in [1.54, 1.807) is 35.4 Å². The van der Waals surface area contributed by atoms with E-state index >= 15 is 0 Å². The van der Waals surface area contributed by atoms with Crippen molar-refractivity contribution in [1.29, 1.82) is 0 Å². The monoisotopic (exact) mass is 347 g/mol. The molecule has 0 radical (unpaired) electrons. The van der Waals surface area contributed by atoms with Crippen LogP contribution in [0.3, 0.4) is 0 Å². The Bertz CT molecular complexity index is 1100.